The van der Waals surface area contributed by atoms with Gasteiger partial charge in [0.2, 0.25) is 0 Å². The van der Waals surface area contributed by atoms with Crippen molar-refractivity contribution in [3.05, 3.63) is 42.0 Å². The Labute approximate surface area is 155 Å². The average molecular weight is 363 g/mol. The van der Waals surface area contributed by atoms with Gasteiger partial charge in [0.15, 0.2) is 0 Å². The number of nitrogens with zero attached hydrogens (tertiary/aromatic N) is 1. The lowest BCUT2D eigenvalue weighted by molar-refractivity contribution is 0.00154. The van der Waals surface area contributed by atoms with Gasteiger partial charge in [0.1, 0.15) is 11.4 Å². The number of carbonyl (C=O) groups is 1. The molecular weight excluding hydrogens is 334 g/mol. The zero-order valence-electron chi connectivity index (χ0n) is 16.0. The highest BCUT2D eigenvalue weighted by Crippen LogP contribution is 2.20. The minimum atomic E-state index is -0.697. The van der Waals surface area contributed by atoms with Crippen LogP contribution >= 0.6 is 0 Å². The molecular formula is C20H29NO5. The van der Waals surface area contributed by atoms with Crippen LogP contribution < -0.4 is 4.74 Å². The van der Waals surface area contributed by atoms with Crippen molar-refractivity contribution in [1.82, 2.24) is 4.90 Å². The maximum Gasteiger partial charge on any atom is 0.411 e. The topological polar surface area (TPSA) is 68.2 Å². The number of hydrogen-bond donors (Lipinski definition) is 1. The number of benzene rings is 1. The van der Waals surface area contributed by atoms with Crippen LogP contribution in [-0.2, 0) is 16.1 Å². The van der Waals surface area contributed by atoms with Crippen molar-refractivity contribution >= 4 is 6.09 Å². The first kappa shape index (κ1) is 20.3. The van der Waals surface area contributed by atoms with Gasteiger partial charge in [0.05, 0.1) is 25.9 Å². The Morgan fingerprint density at radius 2 is 2.00 bits per heavy atom. The van der Waals surface area contributed by atoms with Crippen molar-refractivity contribution in [1.29, 1.82) is 0 Å². The molecule has 2 atom stereocenters. The first-order chi connectivity index (χ1) is 12.3. The minimum absolute atomic E-state index is 0.380. The third kappa shape index (κ3) is 6.04. The summed E-state index contributed by atoms with van der Waals surface area (Å²) in [5, 5.41) is 10.4. The van der Waals surface area contributed by atoms with Crippen LogP contribution in [0, 0.1) is 0 Å². The van der Waals surface area contributed by atoms with Gasteiger partial charge < -0.3 is 19.3 Å². The summed E-state index contributed by atoms with van der Waals surface area (Å²) >= 11 is 0. The second kappa shape index (κ2) is 9.05. The van der Waals surface area contributed by atoms with Crippen molar-refractivity contribution in [2.45, 2.75) is 51.5 Å². The van der Waals surface area contributed by atoms with Gasteiger partial charge in [-0.2, -0.15) is 0 Å². The van der Waals surface area contributed by atoms with Gasteiger partial charge in [-0.15, -0.1) is 0 Å². The SMILES string of the molecule is COc1ccc(COCC[C@@H](O)[C@@H]2C=CCN2C(=O)OC(C)(C)C)cc1. The lowest BCUT2D eigenvalue weighted by Crippen LogP contribution is -2.45. The zero-order chi connectivity index (χ0) is 19.2. The molecule has 0 spiro atoms. The van der Waals surface area contributed by atoms with Crippen LogP contribution in [0.2, 0.25) is 0 Å². The highest BCUT2D eigenvalue weighted by molar-refractivity contribution is 5.70. The van der Waals surface area contributed by atoms with Gasteiger partial charge in [0.25, 0.3) is 0 Å². The molecule has 1 aliphatic heterocycles. The predicted octanol–water partition coefficient (Wildman–Crippen LogP) is 3.14. The molecule has 1 aromatic rings. The van der Waals surface area contributed by atoms with E-state index in [2.05, 4.69) is 0 Å². The molecule has 0 aromatic heterocycles. The van der Waals surface area contributed by atoms with Gasteiger partial charge in [0, 0.05) is 13.2 Å². The number of ether oxygens (including phenoxy) is 3. The Morgan fingerprint density at radius 3 is 2.62 bits per heavy atom. The molecule has 1 aliphatic rings. The highest BCUT2D eigenvalue weighted by Gasteiger charge is 2.33. The summed E-state index contributed by atoms with van der Waals surface area (Å²) in [5.74, 6) is 0.805. The van der Waals surface area contributed by atoms with E-state index in [9.17, 15) is 9.90 Å². The summed E-state index contributed by atoms with van der Waals surface area (Å²) in [7, 11) is 1.63. The summed E-state index contributed by atoms with van der Waals surface area (Å²) in [6.45, 7) is 6.79. The average Bonchev–Trinajstić information content (AvgIpc) is 3.07. The highest BCUT2D eigenvalue weighted by atomic mass is 16.6. The summed E-state index contributed by atoms with van der Waals surface area (Å²) in [4.78, 5) is 13.8. The second-order valence-corrected chi connectivity index (χ2v) is 7.31. The van der Waals surface area contributed by atoms with E-state index in [1.165, 1.54) is 0 Å². The zero-order valence-corrected chi connectivity index (χ0v) is 16.0. The number of hydrogen-bond acceptors (Lipinski definition) is 5. The molecule has 0 unspecified atom stereocenters. The van der Waals surface area contributed by atoms with E-state index in [0.29, 0.717) is 26.2 Å². The van der Waals surface area contributed by atoms with Gasteiger partial charge >= 0.3 is 6.09 Å². The maximum absolute atomic E-state index is 12.3. The third-order valence-corrected chi connectivity index (χ3v) is 4.00. The molecule has 0 fully saturated rings. The molecule has 1 amide bonds. The molecule has 0 saturated heterocycles. The molecule has 0 radical (unpaired) electrons. The van der Waals surface area contributed by atoms with Crippen LogP contribution in [-0.4, -0.2) is 54.1 Å². The normalized spacial score (nSPS) is 18.0. The van der Waals surface area contributed by atoms with Crippen molar-refractivity contribution in [3.8, 4) is 5.75 Å². The molecule has 0 bridgehead atoms. The lowest BCUT2D eigenvalue weighted by atomic mass is 10.1. The van der Waals surface area contributed by atoms with E-state index in [0.717, 1.165) is 11.3 Å². The fourth-order valence-electron chi connectivity index (χ4n) is 2.68. The number of carbonyl (C=O) groups excluding carboxylic acids is 1. The molecule has 144 valence electrons. The summed E-state index contributed by atoms with van der Waals surface area (Å²) in [6, 6.07) is 7.28. The van der Waals surface area contributed by atoms with E-state index in [-0.39, 0.29) is 6.04 Å². The molecule has 0 aliphatic carbocycles. The van der Waals surface area contributed by atoms with Gasteiger partial charge in [-0.05, 0) is 44.9 Å². The summed E-state index contributed by atoms with van der Waals surface area (Å²) < 4.78 is 16.2. The predicted molar refractivity (Wildman–Crippen MR) is 99.1 cm³/mol. The van der Waals surface area contributed by atoms with E-state index in [4.69, 9.17) is 14.2 Å². The maximum atomic E-state index is 12.3. The van der Waals surface area contributed by atoms with E-state index in [1.54, 1.807) is 12.0 Å². The smallest absolute Gasteiger partial charge is 0.411 e. The Bertz CT molecular complexity index is 606. The number of aliphatic hydroxyl groups is 1. The van der Waals surface area contributed by atoms with Gasteiger partial charge in [-0.25, -0.2) is 4.79 Å². The van der Waals surface area contributed by atoms with E-state index >= 15 is 0 Å². The standard InChI is InChI=1S/C20H29NO5/c1-20(2,3)26-19(23)21-12-5-6-17(21)18(22)11-13-25-14-15-7-9-16(24-4)10-8-15/h5-10,17-18,22H,11-14H2,1-4H3/t17-,18+/m0/s1. The van der Waals surface area contributed by atoms with E-state index in [1.807, 2.05) is 57.2 Å². The van der Waals surface area contributed by atoms with Crippen LogP contribution in [0.25, 0.3) is 0 Å². The molecule has 1 aromatic carbocycles. The first-order valence-electron chi connectivity index (χ1n) is 8.85. The second-order valence-electron chi connectivity index (χ2n) is 7.31. The monoisotopic (exact) mass is 363 g/mol. The summed E-state index contributed by atoms with van der Waals surface area (Å²) in [5.41, 5.74) is 0.479. The van der Waals surface area contributed by atoms with Gasteiger partial charge in [-0.3, -0.25) is 4.90 Å². The van der Waals surface area contributed by atoms with Crippen LogP contribution in [0.15, 0.2) is 36.4 Å². The number of amides is 1. The molecule has 0 saturated carbocycles. The quantitative estimate of drug-likeness (QED) is 0.595. The molecule has 1 heterocycles. The third-order valence-electron chi connectivity index (χ3n) is 4.00. The van der Waals surface area contributed by atoms with E-state index < -0.39 is 17.8 Å². The lowest BCUT2D eigenvalue weighted by Gasteiger charge is -2.30. The molecule has 6 nitrogen and oxygen atoms in total. The number of methoxy groups -OCH3 is 1. The summed E-state index contributed by atoms with van der Waals surface area (Å²) in [6.07, 6.45) is 3.04. The largest absolute Gasteiger partial charge is 0.497 e. The Balaban J connectivity index is 1.76. The van der Waals surface area contributed by atoms with Crippen molar-refractivity contribution in [3.63, 3.8) is 0 Å². The van der Waals surface area contributed by atoms with Crippen LogP contribution in [0.3, 0.4) is 0 Å². The molecule has 26 heavy (non-hydrogen) atoms. The Kier molecular flexibility index (Phi) is 7.06. The van der Waals surface area contributed by atoms with Crippen molar-refractivity contribution in [2.24, 2.45) is 0 Å². The van der Waals surface area contributed by atoms with Gasteiger partial charge in [-0.1, -0.05) is 24.3 Å². The van der Waals surface area contributed by atoms with Crippen LogP contribution in [0.1, 0.15) is 32.8 Å². The first-order valence-corrected chi connectivity index (χ1v) is 8.85. The Hall–Kier alpha value is -2.05. The molecule has 1 N–H and O–H groups in total. The molecule has 6 heteroatoms. The Morgan fingerprint density at radius 1 is 1.31 bits per heavy atom. The van der Waals surface area contributed by atoms with Crippen molar-refractivity contribution in [2.75, 3.05) is 20.3 Å². The van der Waals surface area contributed by atoms with Crippen molar-refractivity contribution < 1.29 is 24.1 Å². The minimum Gasteiger partial charge on any atom is -0.497 e. The number of rotatable bonds is 7. The molecule has 2 rings (SSSR count). The fourth-order valence-corrected chi connectivity index (χ4v) is 2.68. The number of aliphatic hydroxyl groups excluding tert-OH is 1. The van der Waals surface area contributed by atoms with Crippen LogP contribution in [0.4, 0.5) is 4.79 Å². The van der Waals surface area contributed by atoms with Crippen LogP contribution in [0.5, 0.6) is 5.75 Å². The fraction of sp³-hybridized carbons (Fsp3) is 0.550.